The van der Waals surface area contributed by atoms with Crippen LogP contribution in [0.5, 0.6) is 0 Å². The van der Waals surface area contributed by atoms with E-state index < -0.39 is 0 Å². The number of carbonyl (C=O) groups is 1. The summed E-state index contributed by atoms with van der Waals surface area (Å²) in [6.07, 6.45) is 4.96. The number of aliphatic hydroxyl groups is 1. The van der Waals surface area contributed by atoms with E-state index in [-0.39, 0.29) is 18.0 Å². The summed E-state index contributed by atoms with van der Waals surface area (Å²) >= 11 is 0. The van der Waals surface area contributed by atoms with Gasteiger partial charge in [0.1, 0.15) is 0 Å². The molecule has 0 aromatic carbocycles. The van der Waals surface area contributed by atoms with Crippen LogP contribution < -0.4 is 0 Å². The van der Waals surface area contributed by atoms with Gasteiger partial charge in [-0.1, -0.05) is 6.08 Å². The van der Waals surface area contributed by atoms with E-state index in [0.717, 1.165) is 32.2 Å². The molecule has 4 nitrogen and oxygen atoms in total. The molecule has 1 aliphatic rings. The van der Waals surface area contributed by atoms with Gasteiger partial charge in [-0.15, -0.1) is 6.58 Å². The largest absolute Gasteiger partial charge is 0.466 e. The maximum Gasteiger partial charge on any atom is 0.310 e. The third kappa shape index (κ3) is 5.19. The molecule has 1 rings (SSSR count). The minimum absolute atomic E-state index is 0.0229. The molecule has 104 valence electrons. The number of rotatable bonds is 7. The van der Waals surface area contributed by atoms with Crippen LogP contribution in [0.25, 0.3) is 0 Å². The molecule has 0 amide bonds. The van der Waals surface area contributed by atoms with Crippen molar-refractivity contribution in [1.29, 1.82) is 0 Å². The van der Waals surface area contributed by atoms with Crippen LogP contribution in [0.4, 0.5) is 0 Å². The zero-order chi connectivity index (χ0) is 13.4. The van der Waals surface area contributed by atoms with E-state index in [9.17, 15) is 9.90 Å². The highest BCUT2D eigenvalue weighted by Gasteiger charge is 2.27. The van der Waals surface area contributed by atoms with Gasteiger partial charge >= 0.3 is 5.97 Å². The molecule has 0 aromatic rings. The molecule has 0 bridgehead atoms. The van der Waals surface area contributed by atoms with E-state index in [2.05, 4.69) is 11.5 Å². The van der Waals surface area contributed by atoms with Gasteiger partial charge in [0.15, 0.2) is 0 Å². The predicted molar refractivity (Wildman–Crippen MR) is 71.2 cm³/mol. The fourth-order valence-corrected chi connectivity index (χ4v) is 2.37. The van der Waals surface area contributed by atoms with Gasteiger partial charge in [0.05, 0.1) is 18.6 Å². The molecule has 1 saturated heterocycles. The molecule has 2 atom stereocenters. The van der Waals surface area contributed by atoms with Crippen LogP contribution in [0.2, 0.25) is 0 Å². The van der Waals surface area contributed by atoms with Crippen molar-refractivity contribution >= 4 is 5.97 Å². The Balaban J connectivity index is 2.34. The number of ether oxygens (including phenoxy) is 1. The van der Waals surface area contributed by atoms with Gasteiger partial charge in [0.2, 0.25) is 0 Å². The van der Waals surface area contributed by atoms with Gasteiger partial charge in [0, 0.05) is 13.1 Å². The SMILES string of the molecule is C=CCCC(O)CN1CCCC(C(=O)OCC)C1. The van der Waals surface area contributed by atoms with Gasteiger partial charge in [-0.25, -0.2) is 0 Å². The van der Waals surface area contributed by atoms with Crippen LogP contribution in [0.1, 0.15) is 32.6 Å². The first-order chi connectivity index (χ1) is 8.67. The van der Waals surface area contributed by atoms with Crippen LogP contribution >= 0.6 is 0 Å². The highest BCUT2D eigenvalue weighted by Crippen LogP contribution is 2.18. The molecule has 0 spiro atoms. The second-order valence-corrected chi connectivity index (χ2v) is 4.87. The van der Waals surface area contributed by atoms with Crippen molar-refractivity contribution in [2.75, 3.05) is 26.2 Å². The molecule has 1 heterocycles. The van der Waals surface area contributed by atoms with Crippen LogP contribution in [-0.4, -0.2) is 48.3 Å². The summed E-state index contributed by atoms with van der Waals surface area (Å²) < 4.78 is 5.06. The third-order valence-corrected chi connectivity index (χ3v) is 3.30. The van der Waals surface area contributed by atoms with E-state index in [1.807, 2.05) is 13.0 Å². The van der Waals surface area contributed by atoms with Crippen molar-refractivity contribution in [3.05, 3.63) is 12.7 Å². The average molecular weight is 255 g/mol. The summed E-state index contributed by atoms with van der Waals surface area (Å²) in [5, 5.41) is 9.86. The van der Waals surface area contributed by atoms with Gasteiger partial charge in [0.25, 0.3) is 0 Å². The molecule has 4 heteroatoms. The molecule has 0 saturated carbocycles. The maximum absolute atomic E-state index is 11.7. The van der Waals surface area contributed by atoms with Crippen LogP contribution in [-0.2, 0) is 9.53 Å². The van der Waals surface area contributed by atoms with E-state index in [1.165, 1.54) is 0 Å². The van der Waals surface area contributed by atoms with Crippen molar-refractivity contribution in [2.24, 2.45) is 5.92 Å². The quantitative estimate of drug-likeness (QED) is 0.554. The minimum atomic E-state index is -0.330. The zero-order valence-corrected chi connectivity index (χ0v) is 11.3. The molecule has 0 aromatic heterocycles. The monoisotopic (exact) mass is 255 g/mol. The van der Waals surface area contributed by atoms with E-state index >= 15 is 0 Å². The summed E-state index contributed by atoms with van der Waals surface area (Å²) in [5.74, 6) is -0.118. The number of aliphatic hydroxyl groups excluding tert-OH is 1. The highest BCUT2D eigenvalue weighted by molar-refractivity contribution is 5.72. The average Bonchev–Trinajstić information content (AvgIpc) is 2.37. The Hall–Kier alpha value is -0.870. The zero-order valence-electron chi connectivity index (χ0n) is 11.3. The molecule has 0 aliphatic carbocycles. The fourth-order valence-electron chi connectivity index (χ4n) is 2.37. The van der Waals surface area contributed by atoms with Gasteiger partial charge in [-0.05, 0) is 39.2 Å². The Morgan fingerprint density at radius 1 is 1.67 bits per heavy atom. The molecular weight excluding hydrogens is 230 g/mol. The van der Waals surface area contributed by atoms with E-state index in [4.69, 9.17) is 4.74 Å². The number of esters is 1. The highest BCUT2D eigenvalue weighted by atomic mass is 16.5. The standard InChI is InChI=1S/C14H25NO3/c1-3-5-8-13(16)11-15-9-6-7-12(10-15)14(17)18-4-2/h3,12-13,16H,1,4-11H2,2H3. The second-order valence-electron chi connectivity index (χ2n) is 4.87. The minimum Gasteiger partial charge on any atom is -0.466 e. The normalized spacial score (nSPS) is 22.4. The Morgan fingerprint density at radius 2 is 2.44 bits per heavy atom. The Kier molecular flexibility index (Phi) is 6.98. The summed E-state index contributed by atoms with van der Waals surface area (Å²) in [6.45, 7) is 8.24. The first kappa shape index (κ1) is 15.2. The van der Waals surface area contributed by atoms with Crippen LogP contribution in [0.15, 0.2) is 12.7 Å². The summed E-state index contributed by atoms with van der Waals surface area (Å²) in [7, 11) is 0. The number of carbonyl (C=O) groups excluding carboxylic acids is 1. The van der Waals surface area contributed by atoms with E-state index in [1.54, 1.807) is 0 Å². The smallest absolute Gasteiger partial charge is 0.310 e. The maximum atomic E-state index is 11.7. The lowest BCUT2D eigenvalue weighted by atomic mass is 9.97. The number of β-amino-alcohol motifs (C(OH)–C–C–N with tert-alkyl or cyclic N) is 1. The number of hydrogen-bond donors (Lipinski definition) is 1. The number of piperidine rings is 1. The molecule has 1 fully saturated rings. The van der Waals surface area contributed by atoms with Crippen molar-refractivity contribution < 1.29 is 14.6 Å². The summed E-state index contributed by atoms with van der Waals surface area (Å²) in [5.41, 5.74) is 0. The van der Waals surface area contributed by atoms with Gasteiger partial charge in [-0.2, -0.15) is 0 Å². The van der Waals surface area contributed by atoms with Crippen LogP contribution in [0, 0.1) is 5.92 Å². The van der Waals surface area contributed by atoms with Crippen molar-refractivity contribution in [1.82, 2.24) is 4.90 Å². The Morgan fingerprint density at radius 3 is 3.11 bits per heavy atom. The first-order valence-electron chi connectivity index (χ1n) is 6.85. The lowest BCUT2D eigenvalue weighted by Gasteiger charge is -2.32. The fraction of sp³-hybridized carbons (Fsp3) is 0.786. The first-order valence-corrected chi connectivity index (χ1v) is 6.85. The molecule has 0 radical (unpaired) electrons. The molecule has 18 heavy (non-hydrogen) atoms. The number of allylic oxidation sites excluding steroid dienone is 1. The number of nitrogens with zero attached hydrogens (tertiary/aromatic N) is 1. The second kappa shape index (κ2) is 8.27. The number of likely N-dealkylation sites (tertiary alicyclic amines) is 1. The predicted octanol–water partition coefficient (Wildman–Crippen LogP) is 1.59. The van der Waals surface area contributed by atoms with Gasteiger partial charge < -0.3 is 9.84 Å². The number of hydrogen-bond acceptors (Lipinski definition) is 4. The topological polar surface area (TPSA) is 49.8 Å². The third-order valence-electron chi connectivity index (χ3n) is 3.30. The van der Waals surface area contributed by atoms with Crippen molar-refractivity contribution in [3.63, 3.8) is 0 Å². The molecule has 1 N–H and O–H groups in total. The summed E-state index contributed by atoms with van der Waals surface area (Å²) in [4.78, 5) is 13.8. The molecule has 2 unspecified atom stereocenters. The van der Waals surface area contributed by atoms with Crippen molar-refractivity contribution in [3.8, 4) is 0 Å². The van der Waals surface area contributed by atoms with Crippen molar-refractivity contribution in [2.45, 2.75) is 38.7 Å². The molecular formula is C14H25NO3. The lowest BCUT2D eigenvalue weighted by molar-refractivity contribution is -0.150. The summed E-state index contributed by atoms with van der Waals surface area (Å²) in [6, 6.07) is 0. The van der Waals surface area contributed by atoms with Crippen LogP contribution in [0.3, 0.4) is 0 Å². The Bertz CT molecular complexity index is 268. The van der Waals surface area contributed by atoms with E-state index in [0.29, 0.717) is 19.7 Å². The lowest BCUT2D eigenvalue weighted by Crippen LogP contribution is -2.42. The van der Waals surface area contributed by atoms with Gasteiger partial charge in [-0.3, -0.25) is 9.69 Å². The Labute approximate surface area is 110 Å². The molecule has 1 aliphatic heterocycles.